The lowest BCUT2D eigenvalue weighted by molar-refractivity contribution is -0.158. The van der Waals surface area contributed by atoms with Crippen molar-refractivity contribution in [2.24, 2.45) is 0 Å². The molecule has 2 rings (SSSR count). The van der Waals surface area contributed by atoms with Crippen molar-refractivity contribution in [3.63, 3.8) is 0 Å². The number of carbonyl (C=O) groups excluding carboxylic acids is 2. The number of likely N-dealkylation sites (tertiary alicyclic amines) is 1. The van der Waals surface area contributed by atoms with Gasteiger partial charge in [0.05, 0.1) is 7.11 Å². The molecule has 1 saturated heterocycles. The molecule has 1 aromatic rings. The molecule has 126 valence electrons. The first-order valence-corrected chi connectivity index (χ1v) is 7.97. The van der Waals surface area contributed by atoms with Crippen LogP contribution in [-0.4, -0.2) is 48.5 Å². The predicted molar refractivity (Wildman–Crippen MR) is 87.8 cm³/mol. The highest BCUT2D eigenvalue weighted by Crippen LogP contribution is 2.21. The van der Waals surface area contributed by atoms with E-state index < -0.39 is 17.6 Å². The molecule has 0 aliphatic carbocycles. The smallest absolute Gasteiger partial charge is 0.332 e. The Morgan fingerprint density at radius 2 is 1.65 bits per heavy atom. The molecule has 0 amide bonds. The standard InChI is InChI=1S/C18H25NO4/c1-18(2,3)23-17(21)15(19-11-5-6-12-19)16(20)13-7-9-14(22-4)10-8-13/h7-10,15H,5-6,11-12H2,1-4H3. The van der Waals surface area contributed by atoms with E-state index in [2.05, 4.69) is 0 Å². The van der Waals surface area contributed by atoms with Crippen LogP contribution in [0.25, 0.3) is 0 Å². The van der Waals surface area contributed by atoms with Crippen LogP contribution >= 0.6 is 0 Å². The van der Waals surface area contributed by atoms with E-state index in [9.17, 15) is 9.59 Å². The predicted octanol–water partition coefficient (Wildman–Crippen LogP) is 2.68. The highest BCUT2D eigenvalue weighted by Gasteiger charge is 2.37. The van der Waals surface area contributed by atoms with Crippen molar-refractivity contribution in [1.82, 2.24) is 4.90 Å². The monoisotopic (exact) mass is 319 g/mol. The molecule has 0 bridgehead atoms. The Morgan fingerprint density at radius 1 is 1.09 bits per heavy atom. The molecule has 1 unspecified atom stereocenters. The second-order valence-electron chi connectivity index (χ2n) is 6.77. The van der Waals surface area contributed by atoms with Crippen LogP contribution < -0.4 is 4.74 Å². The molecule has 23 heavy (non-hydrogen) atoms. The van der Waals surface area contributed by atoms with Crippen LogP contribution in [0.2, 0.25) is 0 Å². The van der Waals surface area contributed by atoms with Crippen molar-refractivity contribution in [1.29, 1.82) is 0 Å². The second kappa shape index (κ2) is 7.13. The van der Waals surface area contributed by atoms with Gasteiger partial charge in [-0.3, -0.25) is 9.69 Å². The molecule has 5 heteroatoms. The number of nitrogens with zero attached hydrogens (tertiary/aromatic N) is 1. The fourth-order valence-electron chi connectivity index (χ4n) is 2.69. The maximum atomic E-state index is 12.9. The summed E-state index contributed by atoms with van der Waals surface area (Å²) in [5.74, 6) is -0.0134. The van der Waals surface area contributed by atoms with Gasteiger partial charge in [-0.25, -0.2) is 4.79 Å². The number of ketones is 1. The number of rotatable bonds is 5. The van der Waals surface area contributed by atoms with Gasteiger partial charge in [0, 0.05) is 5.56 Å². The maximum absolute atomic E-state index is 12.9. The van der Waals surface area contributed by atoms with Crippen molar-refractivity contribution in [3.8, 4) is 5.75 Å². The largest absolute Gasteiger partial charge is 0.497 e. The number of carbonyl (C=O) groups is 2. The van der Waals surface area contributed by atoms with Crippen LogP contribution in [-0.2, 0) is 9.53 Å². The zero-order valence-electron chi connectivity index (χ0n) is 14.3. The fraction of sp³-hybridized carbons (Fsp3) is 0.556. The molecule has 0 N–H and O–H groups in total. The average molecular weight is 319 g/mol. The quantitative estimate of drug-likeness (QED) is 0.474. The number of ether oxygens (including phenoxy) is 2. The minimum Gasteiger partial charge on any atom is -0.497 e. The van der Waals surface area contributed by atoms with E-state index in [1.54, 1.807) is 31.4 Å². The van der Waals surface area contributed by atoms with E-state index in [1.165, 1.54) is 0 Å². The van der Waals surface area contributed by atoms with Gasteiger partial charge in [0.15, 0.2) is 11.8 Å². The molecule has 1 aliphatic rings. The number of hydrogen-bond acceptors (Lipinski definition) is 5. The van der Waals surface area contributed by atoms with Crippen LogP contribution in [0.3, 0.4) is 0 Å². The van der Waals surface area contributed by atoms with Gasteiger partial charge in [0.25, 0.3) is 0 Å². The SMILES string of the molecule is COc1ccc(C(=O)C(C(=O)OC(C)(C)C)N2CCCC2)cc1. The van der Waals surface area contributed by atoms with Crippen molar-refractivity contribution >= 4 is 11.8 Å². The lowest BCUT2D eigenvalue weighted by Gasteiger charge is -2.28. The summed E-state index contributed by atoms with van der Waals surface area (Å²) in [7, 11) is 1.57. The molecule has 0 saturated carbocycles. The first kappa shape index (κ1) is 17.5. The minimum atomic E-state index is -0.870. The molecule has 1 fully saturated rings. The van der Waals surface area contributed by atoms with Crippen molar-refractivity contribution in [2.45, 2.75) is 45.3 Å². The molecule has 0 radical (unpaired) electrons. The van der Waals surface area contributed by atoms with Gasteiger partial charge in [0.2, 0.25) is 0 Å². The fourth-order valence-corrected chi connectivity index (χ4v) is 2.69. The normalized spacial score (nSPS) is 16.9. The first-order valence-electron chi connectivity index (χ1n) is 7.97. The molecular formula is C18H25NO4. The lowest BCUT2D eigenvalue weighted by Crippen LogP contribution is -2.48. The van der Waals surface area contributed by atoms with Gasteiger partial charge < -0.3 is 9.47 Å². The third-order valence-corrected chi connectivity index (χ3v) is 3.76. The van der Waals surface area contributed by atoms with Gasteiger partial charge in [-0.2, -0.15) is 0 Å². The molecule has 0 aromatic heterocycles. The van der Waals surface area contributed by atoms with Gasteiger partial charge in [-0.1, -0.05) is 0 Å². The summed E-state index contributed by atoms with van der Waals surface area (Å²) < 4.78 is 10.6. The van der Waals surface area contributed by atoms with Gasteiger partial charge in [-0.15, -0.1) is 0 Å². The van der Waals surface area contributed by atoms with E-state index in [-0.39, 0.29) is 5.78 Å². The van der Waals surface area contributed by atoms with E-state index in [4.69, 9.17) is 9.47 Å². The number of methoxy groups -OCH3 is 1. The van der Waals surface area contributed by atoms with Crippen molar-refractivity contribution in [3.05, 3.63) is 29.8 Å². The van der Waals surface area contributed by atoms with E-state index in [0.29, 0.717) is 11.3 Å². The van der Waals surface area contributed by atoms with E-state index in [0.717, 1.165) is 25.9 Å². The molecule has 5 nitrogen and oxygen atoms in total. The number of hydrogen-bond donors (Lipinski definition) is 0. The zero-order valence-corrected chi connectivity index (χ0v) is 14.3. The summed E-state index contributed by atoms with van der Waals surface area (Å²) in [5, 5.41) is 0. The van der Waals surface area contributed by atoms with Gasteiger partial charge in [-0.05, 0) is 71.0 Å². The van der Waals surface area contributed by atoms with Crippen LogP contribution in [0.4, 0.5) is 0 Å². The third kappa shape index (κ3) is 4.55. The number of benzene rings is 1. The Labute approximate surface area is 137 Å². The Hall–Kier alpha value is -1.88. The summed E-state index contributed by atoms with van der Waals surface area (Å²) >= 11 is 0. The van der Waals surface area contributed by atoms with Crippen LogP contribution in [0.5, 0.6) is 5.75 Å². The number of esters is 1. The van der Waals surface area contributed by atoms with E-state index >= 15 is 0 Å². The Kier molecular flexibility index (Phi) is 5.42. The highest BCUT2D eigenvalue weighted by atomic mass is 16.6. The molecule has 1 aliphatic heterocycles. The third-order valence-electron chi connectivity index (χ3n) is 3.76. The summed E-state index contributed by atoms with van der Waals surface area (Å²) in [4.78, 5) is 27.4. The topological polar surface area (TPSA) is 55.8 Å². The van der Waals surface area contributed by atoms with Crippen LogP contribution in [0.1, 0.15) is 44.0 Å². The van der Waals surface area contributed by atoms with Crippen molar-refractivity contribution < 1.29 is 19.1 Å². The molecule has 1 aromatic carbocycles. The zero-order chi connectivity index (χ0) is 17.0. The highest BCUT2D eigenvalue weighted by molar-refractivity contribution is 6.12. The van der Waals surface area contributed by atoms with Crippen molar-refractivity contribution in [2.75, 3.05) is 20.2 Å². The maximum Gasteiger partial charge on any atom is 0.332 e. The Bertz CT molecular complexity index is 553. The molecule has 1 heterocycles. The lowest BCUT2D eigenvalue weighted by atomic mass is 10.0. The van der Waals surface area contributed by atoms with Gasteiger partial charge in [0.1, 0.15) is 11.4 Å². The van der Waals surface area contributed by atoms with Gasteiger partial charge >= 0.3 is 5.97 Å². The van der Waals surface area contributed by atoms with Crippen LogP contribution in [0, 0.1) is 0 Å². The second-order valence-corrected chi connectivity index (χ2v) is 6.77. The van der Waals surface area contributed by atoms with E-state index in [1.807, 2.05) is 25.7 Å². The summed E-state index contributed by atoms with van der Waals surface area (Å²) in [5.41, 5.74) is -0.122. The summed E-state index contributed by atoms with van der Waals surface area (Å²) in [6, 6.07) is 5.96. The summed E-state index contributed by atoms with van der Waals surface area (Å²) in [6.45, 7) is 6.91. The average Bonchev–Trinajstić information content (AvgIpc) is 2.99. The first-order chi connectivity index (χ1) is 10.8. The summed E-state index contributed by atoms with van der Waals surface area (Å²) in [6.07, 6.45) is 1.99. The minimum absolute atomic E-state index is 0.219. The molecule has 1 atom stereocenters. The molecule has 0 spiro atoms. The Balaban J connectivity index is 2.24. The Morgan fingerprint density at radius 3 is 2.13 bits per heavy atom. The molecular weight excluding hydrogens is 294 g/mol. The number of Topliss-reactive ketones (excluding diaryl/α,β-unsaturated/α-hetero) is 1. The van der Waals surface area contributed by atoms with Crippen LogP contribution in [0.15, 0.2) is 24.3 Å².